The molecule has 1 aromatic heterocycles. The molecule has 128 valence electrons. The van der Waals surface area contributed by atoms with Crippen LogP contribution < -0.4 is 15.5 Å². The first-order valence-corrected chi connectivity index (χ1v) is 8.18. The van der Waals surface area contributed by atoms with Crippen molar-refractivity contribution in [1.29, 1.82) is 0 Å². The molecule has 2 N–H and O–H groups in total. The third-order valence-electron chi connectivity index (χ3n) is 3.54. The fourth-order valence-electron chi connectivity index (χ4n) is 2.18. The molecule has 6 heteroatoms. The Hall–Kier alpha value is -2.63. The molecule has 2 aromatic rings. The Balaban J connectivity index is 2.11. The molecule has 0 unspecified atom stereocenters. The fourth-order valence-corrected chi connectivity index (χ4v) is 2.18. The third-order valence-corrected chi connectivity index (χ3v) is 3.54. The van der Waals surface area contributed by atoms with E-state index in [-0.39, 0.29) is 5.91 Å². The SMILES string of the molecule is CCCCNC(=O)c1cc(C)nc(Nc2ccc(N(C)C)cc2)n1. The van der Waals surface area contributed by atoms with Crippen LogP contribution >= 0.6 is 0 Å². The third kappa shape index (κ3) is 4.94. The highest BCUT2D eigenvalue weighted by molar-refractivity contribution is 5.92. The summed E-state index contributed by atoms with van der Waals surface area (Å²) in [6, 6.07) is 9.64. The van der Waals surface area contributed by atoms with E-state index in [4.69, 9.17) is 0 Å². The summed E-state index contributed by atoms with van der Waals surface area (Å²) < 4.78 is 0. The number of nitrogens with one attached hydrogen (secondary N) is 2. The van der Waals surface area contributed by atoms with Crippen LogP contribution in [0, 0.1) is 6.92 Å². The van der Waals surface area contributed by atoms with Gasteiger partial charge in [0.2, 0.25) is 5.95 Å². The number of carbonyl (C=O) groups is 1. The van der Waals surface area contributed by atoms with Gasteiger partial charge in [-0.1, -0.05) is 13.3 Å². The largest absolute Gasteiger partial charge is 0.378 e. The van der Waals surface area contributed by atoms with Crippen molar-refractivity contribution in [2.24, 2.45) is 0 Å². The van der Waals surface area contributed by atoms with Crippen LogP contribution in [0.15, 0.2) is 30.3 Å². The Kier molecular flexibility index (Phi) is 6.12. The maximum Gasteiger partial charge on any atom is 0.270 e. The molecular formula is C18H25N5O. The Morgan fingerprint density at radius 1 is 1.17 bits per heavy atom. The molecule has 0 bridgehead atoms. The second-order valence-electron chi connectivity index (χ2n) is 5.89. The number of unbranched alkanes of at least 4 members (excludes halogenated alkanes) is 1. The maximum atomic E-state index is 12.2. The molecule has 0 saturated heterocycles. The van der Waals surface area contributed by atoms with Crippen LogP contribution in [0.4, 0.5) is 17.3 Å². The van der Waals surface area contributed by atoms with Gasteiger partial charge in [-0.3, -0.25) is 4.79 Å². The minimum absolute atomic E-state index is 0.167. The standard InChI is InChI=1S/C18H25N5O/c1-5-6-11-19-17(24)16-12-13(2)20-18(22-16)21-14-7-9-15(10-8-14)23(3)4/h7-10,12H,5-6,11H2,1-4H3,(H,19,24)(H,20,21,22). The summed E-state index contributed by atoms with van der Waals surface area (Å²) in [6.07, 6.45) is 2.00. The molecule has 1 aromatic carbocycles. The molecule has 0 spiro atoms. The van der Waals surface area contributed by atoms with Crippen molar-refractivity contribution in [3.05, 3.63) is 41.7 Å². The van der Waals surface area contributed by atoms with Crippen LogP contribution in [-0.2, 0) is 0 Å². The quantitative estimate of drug-likeness (QED) is 0.765. The van der Waals surface area contributed by atoms with Gasteiger partial charge in [0.05, 0.1) is 0 Å². The van der Waals surface area contributed by atoms with Crippen LogP contribution in [0.1, 0.15) is 35.9 Å². The van der Waals surface area contributed by atoms with E-state index in [1.54, 1.807) is 6.07 Å². The first kappa shape index (κ1) is 17.7. The topological polar surface area (TPSA) is 70.2 Å². The van der Waals surface area contributed by atoms with E-state index in [0.717, 1.165) is 29.9 Å². The molecule has 0 saturated carbocycles. The molecule has 0 atom stereocenters. The maximum absolute atomic E-state index is 12.2. The molecule has 0 fully saturated rings. The molecular weight excluding hydrogens is 302 g/mol. The van der Waals surface area contributed by atoms with Crippen molar-refractivity contribution >= 4 is 23.2 Å². The lowest BCUT2D eigenvalue weighted by atomic mass is 10.2. The number of benzene rings is 1. The van der Waals surface area contributed by atoms with Gasteiger partial charge in [0.25, 0.3) is 5.91 Å². The zero-order valence-electron chi connectivity index (χ0n) is 14.8. The predicted molar refractivity (Wildman–Crippen MR) is 98.1 cm³/mol. The molecule has 0 radical (unpaired) electrons. The molecule has 1 heterocycles. The van der Waals surface area contributed by atoms with Gasteiger partial charge in [-0.05, 0) is 43.7 Å². The predicted octanol–water partition coefficient (Wildman–Crippen LogP) is 3.12. The first-order chi connectivity index (χ1) is 11.5. The van der Waals surface area contributed by atoms with Gasteiger partial charge in [-0.15, -0.1) is 0 Å². The molecule has 1 amide bonds. The Labute approximate surface area is 143 Å². The van der Waals surface area contributed by atoms with Crippen molar-refractivity contribution in [2.75, 3.05) is 30.9 Å². The second-order valence-corrected chi connectivity index (χ2v) is 5.89. The summed E-state index contributed by atoms with van der Waals surface area (Å²) in [4.78, 5) is 22.9. The second kappa shape index (κ2) is 8.29. The number of rotatable bonds is 7. The minimum atomic E-state index is -0.167. The lowest BCUT2D eigenvalue weighted by Gasteiger charge is -2.13. The van der Waals surface area contributed by atoms with Crippen LogP contribution in [0.25, 0.3) is 0 Å². The highest BCUT2D eigenvalue weighted by Gasteiger charge is 2.10. The van der Waals surface area contributed by atoms with Crippen molar-refractivity contribution in [1.82, 2.24) is 15.3 Å². The summed E-state index contributed by atoms with van der Waals surface area (Å²) in [6.45, 7) is 4.60. The number of carbonyl (C=O) groups excluding carboxylic acids is 1. The number of hydrogen-bond donors (Lipinski definition) is 2. The van der Waals surface area contributed by atoms with Gasteiger partial charge in [-0.2, -0.15) is 0 Å². The summed E-state index contributed by atoms with van der Waals surface area (Å²) in [5.74, 6) is 0.258. The van der Waals surface area contributed by atoms with E-state index in [0.29, 0.717) is 18.2 Å². The van der Waals surface area contributed by atoms with Gasteiger partial charge >= 0.3 is 0 Å². The summed E-state index contributed by atoms with van der Waals surface area (Å²) in [5.41, 5.74) is 3.12. The van der Waals surface area contributed by atoms with Crippen molar-refractivity contribution in [2.45, 2.75) is 26.7 Å². The first-order valence-electron chi connectivity index (χ1n) is 8.18. The van der Waals surface area contributed by atoms with E-state index in [1.165, 1.54) is 0 Å². The molecule has 0 aliphatic heterocycles. The molecule has 6 nitrogen and oxygen atoms in total. The summed E-state index contributed by atoms with van der Waals surface area (Å²) in [7, 11) is 3.99. The van der Waals surface area contributed by atoms with E-state index in [1.807, 2.05) is 50.2 Å². The number of hydrogen-bond acceptors (Lipinski definition) is 5. The summed E-state index contributed by atoms with van der Waals surface area (Å²) in [5, 5.41) is 6.03. The van der Waals surface area contributed by atoms with Crippen molar-refractivity contribution in [3.63, 3.8) is 0 Å². The Morgan fingerprint density at radius 3 is 2.50 bits per heavy atom. The molecule has 0 aliphatic carbocycles. The van der Waals surface area contributed by atoms with Crippen LogP contribution in [0.3, 0.4) is 0 Å². The normalized spacial score (nSPS) is 10.3. The van der Waals surface area contributed by atoms with Crippen molar-refractivity contribution in [3.8, 4) is 0 Å². The van der Waals surface area contributed by atoms with Gasteiger partial charge in [0.1, 0.15) is 5.69 Å². The number of aromatic nitrogens is 2. The Bertz CT molecular complexity index is 682. The van der Waals surface area contributed by atoms with Crippen LogP contribution in [-0.4, -0.2) is 36.5 Å². The van der Waals surface area contributed by atoms with Gasteiger partial charge in [0, 0.05) is 37.7 Å². The lowest BCUT2D eigenvalue weighted by Crippen LogP contribution is -2.25. The number of nitrogens with zero attached hydrogens (tertiary/aromatic N) is 3. The monoisotopic (exact) mass is 327 g/mol. The lowest BCUT2D eigenvalue weighted by molar-refractivity contribution is 0.0948. The smallest absolute Gasteiger partial charge is 0.270 e. The Morgan fingerprint density at radius 2 is 1.88 bits per heavy atom. The zero-order chi connectivity index (χ0) is 17.5. The van der Waals surface area contributed by atoms with Gasteiger partial charge in [-0.25, -0.2) is 9.97 Å². The number of anilines is 3. The van der Waals surface area contributed by atoms with E-state index < -0.39 is 0 Å². The molecule has 24 heavy (non-hydrogen) atoms. The molecule has 0 aliphatic rings. The average Bonchev–Trinajstić information content (AvgIpc) is 2.55. The van der Waals surface area contributed by atoms with Gasteiger partial charge < -0.3 is 15.5 Å². The minimum Gasteiger partial charge on any atom is -0.378 e. The van der Waals surface area contributed by atoms with E-state index >= 15 is 0 Å². The van der Waals surface area contributed by atoms with Crippen LogP contribution in [0.2, 0.25) is 0 Å². The molecule has 2 rings (SSSR count). The number of aryl methyl sites for hydroxylation is 1. The average molecular weight is 327 g/mol. The zero-order valence-corrected chi connectivity index (χ0v) is 14.8. The number of amides is 1. The highest BCUT2D eigenvalue weighted by atomic mass is 16.1. The fraction of sp³-hybridized carbons (Fsp3) is 0.389. The van der Waals surface area contributed by atoms with Crippen molar-refractivity contribution < 1.29 is 4.79 Å². The van der Waals surface area contributed by atoms with E-state index in [9.17, 15) is 4.79 Å². The highest BCUT2D eigenvalue weighted by Crippen LogP contribution is 2.18. The van der Waals surface area contributed by atoms with E-state index in [2.05, 4.69) is 27.5 Å². The summed E-state index contributed by atoms with van der Waals surface area (Å²) >= 11 is 0. The van der Waals surface area contributed by atoms with Crippen LogP contribution in [0.5, 0.6) is 0 Å². The van der Waals surface area contributed by atoms with Gasteiger partial charge in [0.15, 0.2) is 0 Å².